The smallest absolute Gasteiger partial charge is 0.254 e. The molecule has 0 aliphatic rings. The van der Waals surface area contributed by atoms with Crippen molar-refractivity contribution in [2.24, 2.45) is 0 Å². The van der Waals surface area contributed by atoms with E-state index in [1.54, 1.807) is 18.2 Å². The van der Waals surface area contributed by atoms with Crippen molar-refractivity contribution in [2.45, 2.75) is 11.4 Å². The predicted molar refractivity (Wildman–Crippen MR) is 92.6 cm³/mol. The monoisotopic (exact) mass is 414 g/mol. The van der Waals surface area contributed by atoms with Crippen molar-refractivity contribution in [3.05, 3.63) is 63.9 Å². The first-order chi connectivity index (χ1) is 11.2. The van der Waals surface area contributed by atoms with E-state index in [2.05, 4.69) is 21.2 Å². The summed E-state index contributed by atoms with van der Waals surface area (Å²) < 4.78 is 40.0. The highest BCUT2D eigenvalue weighted by atomic mass is 79.9. The van der Waals surface area contributed by atoms with E-state index in [1.165, 1.54) is 38.4 Å². The Kier molecular flexibility index (Phi) is 5.74. The number of nitrogens with zero attached hydrogens (tertiary/aromatic N) is 1. The maximum Gasteiger partial charge on any atom is 0.254 e. The average Bonchev–Trinajstić information content (AvgIpc) is 2.55. The molecule has 1 amide bonds. The Balaban J connectivity index is 2.24. The van der Waals surface area contributed by atoms with E-state index in [-0.39, 0.29) is 17.0 Å². The number of nitrogens with one attached hydrogen (secondary N) is 1. The van der Waals surface area contributed by atoms with Crippen LogP contribution in [-0.4, -0.2) is 32.7 Å². The number of benzene rings is 2. The molecule has 2 rings (SSSR count). The summed E-state index contributed by atoms with van der Waals surface area (Å²) in [4.78, 5) is 12.3. The molecule has 2 aromatic carbocycles. The minimum absolute atomic E-state index is 0.0337. The molecule has 24 heavy (non-hydrogen) atoms. The second kappa shape index (κ2) is 7.42. The summed E-state index contributed by atoms with van der Waals surface area (Å²) >= 11 is 3.18. The topological polar surface area (TPSA) is 66.5 Å². The molecule has 0 aliphatic heterocycles. The number of sulfonamides is 1. The standard InChI is InChI=1S/C16H16BrFN2O3S/c1-20(2)24(22,23)15-6-4-3-5-11(15)10-19-16(21)13-9-12(17)7-8-14(13)18/h3-9H,10H2,1-2H3,(H,19,21). The number of amides is 1. The first-order valence-electron chi connectivity index (χ1n) is 6.97. The van der Waals surface area contributed by atoms with Gasteiger partial charge >= 0.3 is 0 Å². The minimum Gasteiger partial charge on any atom is -0.348 e. The molecule has 0 spiro atoms. The Bertz CT molecular complexity index is 869. The molecule has 0 saturated carbocycles. The molecule has 2 aromatic rings. The van der Waals surface area contributed by atoms with E-state index in [0.717, 1.165) is 4.31 Å². The Hall–Kier alpha value is -1.77. The van der Waals surface area contributed by atoms with Crippen LogP contribution in [-0.2, 0) is 16.6 Å². The molecule has 128 valence electrons. The number of halogens is 2. The normalized spacial score (nSPS) is 11.5. The van der Waals surface area contributed by atoms with Gasteiger partial charge in [0, 0.05) is 25.1 Å². The molecule has 0 radical (unpaired) electrons. The maximum atomic E-state index is 13.7. The van der Waals surface area contributed by atoms with Gasteiger partial charge in [-0.3, -0.25) is 4.79 Å². The van der Waals surface area contributed by atoms with Crippen LogP contribution in [0.1, 0.15) is 15.9 Å². The van der Waals surface area contributed by atoms with E-state index in [0.29, 0.717) is 10.0 Å². The summed E-state index contributed by atoms with van der Waals surface area (Å²) in [5.74, 6) is -1.27. The van der Waals surface area contributed by atoms with Crippen LogP contribution >= 0.6 is 15.9 Å². The molecule has 1 N–H and O–H groups in total. The first-order valence-corrected chi connectivity index (χ1v) is 9.20. The van der Waals surface area contributed by atoms with E-state index < -0.39 is 21.7 Å². The van der Waals surface area contributed by atoms with Crippen molar-refractivity contribution in [1.29, 1.82) is 0 Å². The fourth-order valence-corrected chi connectivity index (χ4v) is 3.52. The number of carbonyl (C=O) groups is 1. The predicted octanol–water partition coefficient (Wildman–Crippen LogP) is 2.77. The molecule has 0 unspecified atom stereocenters. The molecule has 5 nitrogen and oxygen atoms in total. The molecule has 0 bridgehead atoms. The molecule has 0 aromatic heterocycles. The van der Waals surface area contributed by atoms with Gasteiger partial charge in [-0.05, 0) is 29.8 Å². The Labute approximate surface area is 148 Å². The highest BCUT2D eigenvalue weighted by Gasteiger charge is 2.21. The van der Waals surface area contributed by atoms with Crippen molar-refractivity contribution in [3.8, 4) is 0 Å². The molecule has 0 aliphatic carbocycles. The van der Waals surface area contributed by atoms with Crippen molar-refractivity contribution in [3.63, 3.8) is 0 Å². The van der Waals surface area contributed by atoms with E-state index in [4.69, 9.17) is 0 Å². The highest BCUT2D eigenvalue weighted by Crippen LogP contribution is 2.19. The van der Waals surface area contributed by atoms with Crippen LogP contribution in [0, 0.1) is 5.82 Å². The summed E-state index contributed by atoms with van der Waals surface area (Å²) in [7, 11) is -0.770. The highest BCUT2D eigenvalue weighted by molar-refractivity contribution is 9.10. The molecule has 0 heterocycles. The van der Waals surface area contributed by atoms with Crippen LogP contribution in [0.4, 0.5) is 4.39 Å². The third-order valence-electron chi connectivity index (χ3n) is 3.34. The van der Waals surface area contributed by atoms with E-state index >= 15 is 0 Å². The number of hydrogen-bond donors (Lipinski definition) is 1. The average molecular weight is 415 g/mol. The van der Waals surface area contributed by atoms with Crippen LogP contribution in [0.5, 0.6) is 0 Å². The molecule has 8 heteroatoms. The van der Waals surface area contributed by atoms with Crippen LogP contribution in [0.2, 0.25) is 0 Å². The number of rotatable bonds is 5. The lowest BCUT2D eigenvalue weighted by Gasteiger charge is -2.15. The van der Waals surface area contributed by atoms with Gasteiger partial charge in [0.05, 0.1) is 10.5 Å². The fraction of sp³-hybridized carbons (Fsp3) is 0.188. The van der Waals surface area contributed by atoms with Gasteiger partial charge in [0.15, 0.2) is 0 Å². The first kappa shape index (κ1) is 18.6. The Morgan fingerprint density at radius 1 is 1.21 bits per heavy atom. The molecule has 0 saturated heterocycles. The zero-order valence-electron chi connectivity index (χ0n) is 13.1. The fourth-order valence-electron chi connectivity index (χ4n) is 2.04. The maximum absolute atomic E-state index is 13.7. The van der Waals surface area contributed by atoms with Gasteiger partial charge < -0.3 is 5.32 Å². The lowest BCUT2D eigenvalue weighted by molar-refractivity contribution is 0.0946. The van der Waals surface area contributed by atoms with Gasteiger partial charge in [0.1, 0.15) is 5.82 Å². The van der Waals surface area contributed by atoms with Gasteiger partial charge in [-0.15, -0.1) is 0 Å². The summed E-state index contributed by atoms with van der Waals surface area (Å²) in [6.07, 6.45) is 0. The van der Waals surface area contributed by atoms with Crippen LogP contribution < -0.4 is 5.32 Å². The van der Waals surface area contributed by atoms with Crippen molar-refractivity contribution >= 4 is 31.9 Å². The van der Waals surface area contributed by atoms with Gasteiger partial charge in [-0.2, -0.15) is 0 Å². The number of hydrogen-bond acceptors (Lipinski definition) is 3. The third kappa shape index (κ3) is 4.00. The SMILES string of the molecule is CN(C)S(=O)(=O)c1ccccc1CNC(=O)c1cc(Br)ccc1F. The van der Waals surface area contributed by atoms with Crippen molar-refractivity contribution < 1.29 is 17.6 Å². The van der Waals surface area contributed by atoms with E-state index in [1.807, 2.05) is 0 Å². The lowest BCUT2D eigenvalue weighted by Crippen LogP contribution is -2.27. The molecular formula is C16H16BrFN2O3S. The van der Waals surface area contributed by atoms with Gasteiger partial charge in [0.25, 0.3) is 5.91 Å². The Morgan fingerprint density at radius 2 is 1.88 bits per heavy atom. The van der Waals surface area contributed by atoms with Gasteiger partial charge in [-0.1, -0.05) is 34.1 Å². The zero-order chi connectivity index (χ0) is 17.9. The Morgan fingerprint density at radius 3 is 2.54 bits per heavy atom. The van der Waals surface area contributed by atoms with Crippen LogP contribution in [0.15, 0.2) is 51.8 Å². The van der Waals surface area contributed by atoms with Crippen LogP contribution in [0.3, 0.4) is 0 Å². The lowest BCUT2D eigenvalue weighted by atomic mass is 10.2. The van der Waals surface area contributed by atoms with Crippen LogP contribution in [0.25, 0.3) is 0 Å². The summed E-state index contributed by atoms with van der Waals surface area (Å²) in [5.41, 5.74) is 0.312. The van der Waals surface area contributed by atoms with Crippen molar-refractivity contribution in [2.75, 3.05) is 14.1 Å². The molecular weight excluding hydrogens is 399 g/mol. The molecule has 0 fully saturated rings. The minimum atomic E-state index is -3.63. The quantitative estimate of drug-likeness (QED) is 0.817. The van der Waals surface area contributed by atoms with Crippen molar-refractivity contribution in [1.82, 2.24) is 9.62 Å². The summed E-state index contributed by atoms with van der Waals surface area (Å²) in [6, 6.07) is 10.4. The second-order valence-electron chi connectivity index (χ2n) is 5.20. The van der Waals surface area contributed by atoms with E-state index in [9.17, 15) is 17.6 Å². The number of carbonyl (C=O) groups excluding carboxylic acids is 1. The second-order valence-corrected chi connectivity index (χ2v) is 8.24. The third-order valence-corrected chi connectivity index (χ3v) is 5.75. The summed E-state index contributed by atoms with van der Waals surface area (Å²) in [5, 5.41) is 2.55. The largest absolute Gasteiger partial charge is 0.348 e. The zero-order valence-corrected chi connectivity index (χ0v) is 15.5. The van der Waals surface area contributed by atoms with Gasteiger partial charge in [-0.25, -0.2) is 17.1 Å². The summed E-state index contributed by atoms with van der Waals surface area (Å²) in [6.45, 7) is -0.0337. The van der Waals surface area contributed by atoms with Gasteiger partial charge in [0.2, 0.25) is 10.0 Å². The molecule has 0 atom stereocenters.